The summed E-state index contributed by atoms with van der Waals surface area (Å²) in [6.07, 6.45) is 0. The number of hydrazine groups is 1. The fourth-order valence-corrected chi connectivity index (χ4v) is 4.25. The molecule has 3 heterocycles. The van der Waals surface area contributed by atoms with Crippen LogP contribution in [0.2, 0.25) is 0 Å². The van der Waals surface area contributed by atoms with E-state index in [0.717, 1.165) is 21.5 Å². The van der Waals surface area contributed by atoms with Crippen LogP contribution in [0.5, 0.6) is 0 Å². The molecule has 0 aliphatic carbocycles. The quantitative estimate of drug-likeness (QED) is 0.485. The maximum Gasteiger partial charge on any atom is 0.279 e. The molecule has 0 fully saturated rings. The molecule has 4 aromatic rings. The topological polar surface area (TPSA) is 89.2 Å². The molecular weight excluding hydrogens is 407 g/mol. The first-order valence-electron chi connectivity index (χ1n) is 9.21. The molecule has 1 aromatic carbocycles. The Kier molecular flexibility index (Phi) is 5.13. The Morgan fingerprint density at radius 1 is 1.10 bits per heavy atom. The van der Waals surface area contributed by atoms with Gasteiger partial charge in [0.05, 0.1) is 22.7 Å². The fraction of sp³-hybridized carbons (Fsp3) is 0.190. The smallest absolute Gasteiger partial charge is 0.279 e. The van der Waals surface area contributed by atoms with Gasteiger partial charge in [-0.2, -0.15) is 5.10 Å². The van der Waals surface area contributed by atoms with Crippen LogP contribution >= 0.6 is 11.3 Å². The standard InChI is InChI=1S/C21H19FN4O3S/c1-11-8-17(13(3)29-11)19(27)23-24-20(28)18-9-16-12(2)25-26(21(16)30-18)10-14-4-6-15(22)7-5-14/h4-9H,10H2,1-3H3,(H,23,27)(H,24,28). The summed E-state index contributed by atoms with van der Waals surface area (Å²) in [6, 6.07) is 9.58. The first-order valence-corrected chi connectivity index (χ1v) is 10.0. The van der Waals surface area contributed by atoms with Crippen molar-refractivity contribution in [3.63, 3.8) is 0 Å². The second kappa shape index (κ2) is 7.75. The van der Waals surface area contributed by atoms with Gasteiger partial charge in [-0.1, -0.05) is 12.1 Å². The Balaban J connectivity index is 1.50. The van der Waals surface area contributed by atoms with Gasteiger partial charge in [0.25, 0.3) is 11.8 Å². The number of furan rings is 1. The van der Waals surface area contributed by atoms with E-state index in [-0.39, 0.29) is 5.82 Å². The van der Waals surface area contributed by atoms with Crippen LogP contribution in [0.25, 0.3) is 10.2 Å². The largest absolute Gasteiger partial charge is 0.466 e. The van der Waals surface area contributed by atoms with Gasteiger partial charge in [-0.3, -0.25) is 25.1 Å². The zero-order chi connectivity index (χ0) is 21.4. The van der Waals surface area contributed by atoms with Crippen molar-refractivity contribution >= 4 is 33.4 Å². The van der Waals surface area contributed by atoms with Crippen molar-refractivity contribution in [3.8, 4) is 0 Å². The molecular formula is C21H19FN4O3S. The molecule has 7 nitrogen and oxygen atoms in total. The predicted octanol–water partition coefficient (Wildman–Crippen LogP) is 3.88. The molecule has 0 saturated heterocycles. The maximum atomic E-state index is 13.1. The molecule has 30 heavy (non-hydrogen) atoms. The Morgan fingerprint density at radius 3 is 2.47 bits per heavy atom. The van der Waals surface area contributed by atoms with Crippen LogP contribution in [0.1, 0.15) is 42.8 Å². The number of fused-ring (bicyclic) bond motifs is 1. The summed E-state index contributed by atoms with van der Waals surface area (Å²) < 4.78 is 20.3. The maximum absolute atomic E-state index is 13.1. The first-order chi connectivity index (χ1) is 14.3. The van der Waals surface area contributed by atoms with Crippen molar-refractivity contribution in [1.82, 2.24) is 20.6 Å². The molecule has 0 spiro atoms. The normalized spacial score (nSPS) is 11.1. The van der Waals surface area contributed by atoms with E-state index in [1.54, 1.807) is 42.8 Å². The number of carbonyl (C=O) groups excluding carboxylic acids is 2. The number of nitrogens with one attached hydrogen (secondary N) is 2. The summed E-state index contributed by atoms with van der Waals surface area (Å²) in [6.45, 7) is 5.76. The lowest BCUT2D eigenvalue weighted by molar-refractivity contribution is 0.0848. The molecule has 154 valence electrons. The molecule has 0 unspecified atom stereocenters. The van der Waals surface area contributed by atoms with E-state index in [4.69, 9.17) is 4.42 Å². The molecule has 9 heteroatoms. The minimum atomic E-state index is -0.447. The highest BCUT2D eigenvalue weighted by Gasteiger charge is 2.18. The van der Waals surface area contributed by atoms with Crippen LogP contribution in [0.3, 0.4) is 0 Å². The number of aryl methyl sites for hydroxylation is 3. The highest BCUT2D eigenvalue weighted by molar-refractivity contribution is 7.20. The van der Waals surface area contributed by atoms with Crippen LogP contribution < -0.4 is 10.9 Å². The SMILES string of the molecule is Cc1cc(C(=O)NNC(=O)c2cc3c(C)nn(Cc4ccc(F)cc4)c3s2)c(C)o1. The Hall–Kier alpha value is -3.46. The number of benzene rings is 1. The highest BCUT2D eigenvalue weighted by atomic mass is 32.1. The van der Waals surface area contributed by atoms with Crippen molar-refractivity contribution < 1.29 is 18.4 Å². The summed E-state index contributed by atoms with van der Waals surface area (Å²) in [5.74, 6) is -0.0571. The summed E-state index contributed by atoms with van der Waals surface area (Å²) in [4.78, 5) is 26.1. The Labute approximate surface area is 175 Å². The van der Waals surface area contributed by atoms with Gasteiger partial charge in [-0.05, 0) is 50.6 Å². The van der Waals surface area contributed by atoms with Crippen molar-refractivity contribution in [2.75, 3.05) is 0 Å². The van der Waals surface area contributed by atoms with E-state index < -0.39 is 11.8 Å². The third kappa shape index (κ3) is 3.84. The highest BCUT2D eigenvalue weighted by Crippen LogP contribution is 2.28. The van der Waals surface area contributed by atoms with Gasteiger partial charge in [0.15, 0.2) is 0 Å². The van der Waals surface area contributed by atoms with Gasteiger partial charge >= 0.3 is 0 Å². The summed E-state index contributed by atoms with van der Waals surface area (Å²) in [5, 5.41) is 5.38. The average Bonchev–Trinajstić information content (AvgIpc) is 3.37. The minimum absolute atomic E-state index is 0.293. The van der Waals surface area contributed by atoms with Gasteiger partial charge < -0.3 is 4.42 Å². The molecule has 4 rings (SSSR count). The van der Waals surface area contributed by atoms with Gasteiger partial charge in [-0.15, -0.1) is 11.3 Å². The minimum Gasteiger partial charge on any atom is -0.466 e. The molecule has 2 N–H and O–H groups in total. The number of hydrogen-bond donors (Lipinski definition) is 2. The lowest BCUT2D eigenvalue weighted by atomic mass is 10.2. The average molecular weight is 426 g/mol. The van der Waals surface area contributed by atoms with Crippen molar-refractivity contribution in [3.05, 3.63) is 75.4 Å². The van der Waals surface area contributed by atoms with E-state index >= 15 is 0 Å². The van der Waals surface area contributed by atoms with Gasteiger partial charge in [0.1, 0.15) is 22.2 Å². The van der Waals surface area contributed by atoms with Crippen molar-refractivity contribution in [2.45, 2.75) is 27.3 Å². The van der Waals surface area contributed by atoms with Crippen molar-refractivity contribution in [1.29, 1.82) is 0 Å². The monoisotopic (exact) mass is 426 g/mol. The number of nitrogens with zero attached hydrogens (tertiary/aromatic N) is 2. The number of amides is 2. The molecule has 0 radical (unpaired) electrons. The van der Waals surface area contributed by atoms with Gasteiger partial charge in [0, 0.05) is 5.39 Å². The zero-order valence-electron chi connectivity index (χ0n) is 16.6. The summed E-state index contributed by atoms with van der Waals surface area (Å²) in [5.41, 5.74) is 6.91. The molecule has 3 aromatic heterocycles. The van der Waals surface area contributed by atoms with E-state index in [2.05, 4.69) is 16.0 Å². The lowest BCUT2D eigenvalue weighted by Crippen LogP contribution is -2.41. The number of halogens is 1. The predicted molar refractivity (Wildman–Crippen MR) is 111 cm³/mol. The van der Waals surface area contributed by atoms with E-state index in [0.29, 0.717) is 28.5 Å². The van der Waals surface area contributed by atoms with Gasteiger partial charge in [-0.25, -0.2) is 4.39 Å². The zero-order valence-corrected chi connectivity index (χ0v) is 17.4. The first kappa shape index (κ1) is 19.8. The third-order valence-electron chi connectivity index (χ3n) is 4.65. The number of hydrogen-bond acceptors (Lipinski definition) is 5. The van der Waals surface area contributed by atoms with Crippen LogP contribution in [-0.2, 0) is 6.54 Å². The Bertz CT molecular complexity index is 1250. The van der Waals surface area contributed by atoms with Gasteiger partial charge in [0.2, 0.25) is 0 Å². The molecule has 0 aliphatic heterocycles. The molecule has 0 atom stereocenters. The number of thiophene rings is 1. The molecule has 2 amide bonds. The molecule has 0 saturated carbocycles. The van der Waals surface area contributed by atoms with Crippen LogP contribution in [0, 0.1) is 26.6 Å². The van der Waals surface area contributed by atoms with Crippen LogP contribution in [-0.4, -0.2) is 21.6 Å². The summed E-state index contributed by atoms with van der Waals surface area (Å²) in [7, 11) is 0. The van der Waals surface area contributed by atoms with E-state index in [1.807, 2.05) is 6.92 Å². The second-order valence-electron chi connectivity index (χ2n) is 6.93. The second-order valence-corrected chi connectivity index (χ2v) is 7.96. The van der Waals surface area contributed by atoms with E-state index in [9.17, 15) is 14.0 Å². The third-order valence-corrected chi connectivity index (χ3v) is 5.80. The van der Waals surface area contributed by atoms with Crippen molar-refractivity contribution in [2.24, 2.45) is 0 Å². The summed E-state index contributed by atoms with van der Waals surface area (Å²) >= 11 is 1.27. The Morgan fingerprint density at radius 2 is 1.80 bits per heavy atom. The fourth-order valence-electron chi connectivity index (χ4n) is 3.19. The van der Waals surface area contributed by atoms with Crippen LogP contribution in [0.4, 0.5) is 4.39 Å². The van der Waals surface area contributed by atoms with E-state index in [1.165, 1.54) is 23.5 Å². The number of aromatic nitrogens is 2. The number of rotatable bonds is 4. The number of carbonyl (C=O) groups is 2. The van der Waals surface area contributed by atoms with Crippen LogP contribution in [0.15, 0.2) is 40.8 Å². The molecule has 0 bridgehead atoms. The molecule has 0 aliphatic rings. The lowest BCUT2D eigenvalue weighted by Gasteiger charge is -2.05.